The Morgan fingerprint density at radius 3 is 2.35 bits per heavy atom. The van der Waals surface area contributed by atoms with E-state index in [9.17, 15) is 13.2 Å². The highest BCUT2D eigenvalue weighted by molar-refractivity contribution is 7.91. The van der Waals surface area contributed by atoms with Gasteiger partial charge in [-0.1, -0.05) is 17.3 Å². The van der Waals surface area contributed by atoms with Crippen molar-refractivity contribution in [2.24, 2.45) is 7.05 Å². The van der Waals surface area contributed by atoms with Crippen molar-refractivity contribution in [2.75, 3.05) is 12.4 Å². The van der Waals surface area contributed by atoms with Gasteiger partial charge in [-0.2, -0.15) is 0 Å². The molecule has 0 aliphatic carbocycles. The first-order valence-electron chi connectivity index (χ1n) is 8.16. The minimum atomic E-state index is -3.24. The van der Waals surface area contributed by atoms with Gasteiger partial charge in [0.15, 0.2) is 9.84 Å². The van der Waals surface area contributed by atoms with Gasteiger partial charge in [0.2, 0.25) is 0 Å². The third kappa shape index (κ3) is 5.04. The molecule has 0 aliphatic rings. The van der Waals surface area contributed by atoms with Crippen molar-refractivity contribution in [3.8, 4) is 0 Å². The summed E-state index contributed by atoms with van der Waals surface area (Å²) in [6, 6.07) is 6.53. The number of carbonyl (C=O) groups excluding carboxylic acids is 1. The average Bonchev–Trinajstić information content (AvgIpc) is 2.92. The molecule has 2 rings (SSSR count). The Morgan fingerprint density at radius 1 is 1.23 bits per heavy atom. The van der Waals surface area contributed by atoms with Gasteiger partial charge in [-0.15, -0.1) is 5.10 Å². The highest BCUT2D eigenvalue weighted by atomic mass is 32.2. The van der Waals surface area contributed by atoms with Crippen molar-refractivity contribution in [1.82, 2.24) is 19.9 Å². The quantitative estimate of drug-likeness (QED) is 0.859. The molecule has 0 saturated heterocycles. The van der Waals surface area contributed by atoms with Gasteiger partial charge in [0.05, 0.1) is 17.0 Å². The summed E-state index contributed by atoms with van der Waals surface area (Å²) in [5.74, 6) is -0.0305. The van der Waals surface area contributed by atoms with E-state index in [2.05, 4.69) is 15.6 Å². The van der Waals surface area contributed by atoms with E-state index in [0.29, 0.717) is 23.5 Å². The third-order valence-electron chi connectivity index (χ3n) is 3.89. The summed E-state index contributed by atoms with van der Waals surface area (Å²) < 4.78 is 25.3. The van der Waals surface area contributed by atoms with E-state index in [0.717, 1.165) is 0 Å². The van der Waals surface area contributed by atoms with Crippen molar-refractivity contribution in [1.29, 1.82) is 0 Å². The van der Waals surface area contributed by atoms with E-state index < -0.39 is 14.6 Å². The maximum absolute atomic E-state index is 12.3. The second-order valence-corrected chi connectivity index (χ2v) is 9.98. The fraction of sp³-hybridized carbons (Fsp3) is 0.471. The van der Waals surface area contributed by atoms with E-state index in [-0.39, 0.29) is 11.8 Å². The molecular weight excluding hydrogens is 354 g/mol. The van der Waals surface area contributed by atoms with Crippen LogP contribution in [0.25, 0.3) is 0 Å². The van der Waals surface area contributed by atoms with E-state index in [1.807, 2.05) is 0 Å². The number of aryl methyl sites for hydroxylation is 1. The van der Waals surface area contributed by atoms with Crippen LogP contribution < -0.4 is 5.32 Å². The highest BCUT2D eigenvalue weighted by Gasteiger charge is 2.28. The number of anilines is 1. The highest BCUT2D eigenvalue weighted by Crippen LogP contribution is 2.21. The van der Waals surface area contributed by atoms with Gasteiger partial charge < -0.3 is 10.2 Å². The largest absolute Gasteiger partial charge is 0.322 e. The first kappa shape index (κ1) is 19.9. The zero-order valence-corrected chi connectivity index (χ0v) is 16.5. The molecule has 142 valence electrons. The van der Waals surface area contributed by atoms with Crippen LogP contribution in [0.1, 0.15) is 32.0 Å². The number of hydrogen-bond donors (Lipinski definition) is 1. The summed E-state index contributed by atoms with van der Waals surface area (Å²) in [7, 11) is 0.180. The molecule has 1 N–H and O–H groups in total. The second kappa shape index (κ2) is 7.45. The van der Waals surface area contributed by atoms with Crippen LogP contribution in [0.2, 0.25) is 0 Å². The summed E-state index contributed by atoms with van der Waals surface area (Å²) >= 11 is 0. The Bertz CT molecular complexity index is 867. The molecule has 0 spiro atoms. The normalized spacial score (nSPS) is 12.0. The molecule has 2 amide bonds. The molecule has 0 bridgehead atoms. The van der Waals surface area contributed by atoms with Crippen molar-refractivity contribution in [3.05, 3.63) is 41.7 Å². The van der Waals surface area contributed by atoms with Crippen LogP contribution in [0.5, 0.6) is 0 Å². The molecule has 0 radical (unpaired) electrons. The summed E-state index contributed by atoms with van der Waals surface area (Å²) in [5.41, 5.74) is 1.97. The summed E-state index contributed by atoms with van der Waals surface area (Å²) in [6.45, 7) is 5.39. The van der Waals surface area contributed by atoms with E-state index in [4.69, 9.17) is 0 Å². The van der Waals surface area contributed by atoms with E-state index in [1.54, 1.807) is 70.0 Å². The molecule has 0 unspecified atom stereocenters. The summed E-state index contributed by atoms with van der Waals surface area (Å²) in [6.07, 6.45) is 1.74. The lowest BCUT2D eigenvalue weighted by Crippen LogP contribution is -2.31. The van der Waals surface area contributed by atoms with E-state index >= 15 is 0 Å². The number of urea groups is 1. The number of nitrogens with one attached hydrogen (secondary N) is 1. The molecule has 0 aliphatic heterocycles. The molecule has 1 heterocycles. The van der Waals surface area contributed by atoms with Gasteiger partial charge in [0.25, 0.3) is 0 Å². The minimum absolute atomic E-state index is 0.0305. The van der Waals surface area contributed by atoms with Crippen LogP contribution in [0.3, 0.4) is 0 Å². The Hall–Kier alpha value is -2.42. The van der Waals surface area contributed by atoms with E-state index in [1.165, 1.54) is 4.90 Å². The lowest BCUT2D eigenvalue weighted by molar-refractivity contribution is 0.220. The van der Waals surface area contributed by atoms with Gasteiger partial charge in [0, 0.05) is 26.0 Å². The number of amides is 2. The molecule has 26 heavy (non-hydrogen) atoms. The van der Waals surface area contributed by atoms with Crippen molar-refractivity contribution in [3.63, 3.8) is 0 Å². The Kier molecular flexibility index (Phi) is 5.70. The lowest BCUT2D eigenvalue weighted by atomic mass is 10.2. The molecule has 8 nitrogen and oxygen atoms in total. The van der Waals surface area contributed by atoms with Gasteiger partial charge in [-0.25, -0.2) is 13.2 Å². The van der Waals surface area contributed by atoms with Crippen LogP contribution in [0, 0.1) is 0 Å². The van der Waals surface area contributed by atoms with Crippen LogP contribution in [-0.4, -0.2) is 46.1 Å². The van der Waals surface area contributed by atoms with Crippen LogP contribution in [-0.2, 0) is 29.2 Å². The molecule has 1 aromatic heterocycles. The topological polar surface area (TPSA) is 97.2 Å². The maximum Gasteiger partial charge on any atom is 0.321 e. The number of carbonyl (C=O) groups is 1. The Balaban J connectivity index is 1.97. The predicted molar refractivity (Wildman–Crippen MR) is 100 cm³/mol. The van der Waals surface area contributed by atoms with Crippen LogP contribution >= 0.6 is 0 Å². The van der Waals surface area contributed by atoms with Crippen LogP contribution in [0.4, 0.5) is 10.5 Å². The number of nitrogens with zero attached hydrogens (tertiary/aromatic N) is 4. The first-order chi connectivity index (χ1) is 12.0. The maximum atomic E-state index is 12.3. The zero-order valence-electron chi connectivity index (χ0n) is 15.7. The third-order valence-corrected chi connectivity index (χ3v) is 6.47. The summed E-state index contributed by atoms with van der Waals surface area (Å²) in [5, 5.41) is 10.5. The molecule has 0 atom stereocenters. The van der Waals surface area contributed by atoms with Gasteiger partial charge in [0.1, 0.15) is 5.69 Å². The smallest absolute Gasteiger partial charge is 0.321 e. The van der Waals surface area contributed by atoms with Crippen molar-refractivity contribution < 1.29 is 13.2 Å². The van der Waals surface area contributed by atoms with Gasteiger partial charge in [-0.05, 0) is 38.5 Å². The SMILES string of the molecule is CN(Cc1cn(C)nn1)C(=O)Nc1ccc(CS(=O)(=O)C(C)(C)C)cc1. The van der Waals surface area contributed by atoms with Gasteiger partial charge >= 0.3 is 6.03 Å². The average molecular weight is 379 g/mol. The molecule has 1 aromatic carbocycles. The number of aromatic nitrogens is 3. The van der Waals surface area contributed by atoms with Crippen LogP contribution in [0.15, 0.2) is 30.5 Å². The zero-order chi connectivity index (χ0) is 19.5. The molecule has 0 saturated carbocycles. The fourth-order valence-electron chi connectivity index (χ4n) is 2.12. The second-order valence-electron chi connectivity index (χ2n) is 7.24. The molecular formula is C17H25N5O3S. The van der Waals surface area contributed by atoms with Gasteiger partial charge in [-0.3, -0.25) is 4.68 Å². The monoisotopic (exact) mass is 379 g/mol. The Labute approximate surface area is 154 Å². The Morgan fingerprint density at radius 2 is 1.85 bits per heavy atom. The fourth-order valence-corrected chi connectivity index (χ4v) is 3.19. The minimum Gasteiger partial charge on any atom is -0.322 e. The summed E-state index contributed by atoms with van der Waals surface area (Å²) in [4.78, 5) is 13.7. The number of rotatable bonds is 5. The number of hydrogen-bond acceptors (Lipinski definition) is 5. The first-order valence-corrected chi connectivity index (χ1v) is 9.82. The molecule has 0 fully saturated rings. The standard InChI is InChI=1S/C17H25N5O3S/c1-17(2,3)26(24,25)12-13-6-8-14(9-7-13)18-16(23)21(4)10-15-11-22(5)20-19-15/h6-9,11H,10,12H2,1-5H3,(H,18,23). The lowest BCUT2D eigenvalue weighted by Gasteiger charge is -2.19. The molecule has 9 heteroatoms. The molecule has 2 aromatic rings. The van der Waals surface area contributed by atoms with Crippen molar-refractivity contribution in [2.45, 2.75) is 37.8 Å². The number of sulfone groups is 1. The predicted octanol–water partition coefficient (Wildman–Crippen LogP) is 2.19. The number of benzene rings is 1. The van der Waals surface area contributed by atoms with Crippen molar-refractivity contribution >= 4 is 21.6 Å².